The minimum atomic E-state index is -0.208. The summed E-state index contributed by atoms with van der Waals surface area (Å²) in [7, 11) is 0. The summed E-state index contributed by atoms with van der Waals surface area (Å²) < 4.78 is 0. The minimum Gasteiger partial charge on any atom is -0.369 e. The number of hydrogen-bond donors (Lipinski definition) is 1. The van der Waals surface area contributed by atoms with Gasteiger partial charge in [-0.15, -0.1) is 0 Å². The Morgan fingerprint density at radius 2 is 1.67 bits per heavy atom. The van der Waals surface area contributed by atoms with Crippen LogP contribution in [0.5, 0.6) is 0 Å². The quantitative estimate of drug-likeness (QED) is 0.822. The Morgan fingerprint density at radius 3 is 2.22 bits per heavy atom. The predicted molar refractivity (Wildman–Crippen MR) is 109 cm³/mol. The van der Waals surface area contributed by atoms with Gasteiger partial charge in [0.15, 0.2) is 11.6 Å². The third kappa shape index (κ3) is 3.69. The number of carbonyl (C=O) groups is 2. The van der Waals surface area contributed by atoms with Crippen LogP contribution in [0.25, 0.3) is 0 Å². The summed E-state index contributed by atoms with van der Waals surface area (Å²) in [6.45, 7) is 12.9. The normalized spacial score (nSPS) is 16.4. The van der Waals surface area contributed by atoms with E-state index in [2.05, 4.69) is 46.0 Å². The standard InChI is InChI=1S/C22H29N3O2/c1-14-8-6-7-9-19(14)25-12-10-24(11-13-25)17(4)22(27)21-15(2)20(18(5)26)16(3)23-21/h6-9,17,23H,10-13H2,1-5H3/t17-/m0/s1. The largest absolute Gasteiger partial charge is 0.369 e. The zero-order chi connectivity index (χ0) is 19.7. The van der Waals surface area contributed by atoms with Crippen molar-refractivity contribution in [1.29, 1.82) is 0 Å². The summed E-state index contributed by atoms with van der Waals surface area (Å²) in [6.07, 6.45) is 0. The van der Waals surface area contributed by atoms with Crippen LogP contribution >= 0.6 is 0 Å². The number of nitrogens with zero attached hydrogens (tertiary/aromatic N) is 2. The van der Waals surface area contributed by atoms with Crippen LogP contribution < -0.4 is 4.90 Å². The van der Waals surface area contributed by atoms with Crippen LogP contribution in [0.15, 0.2) is 24.3 Å². The fourth-order valence-corrected chi connectivity index (χ4v) is 4.17. The molecule has 1 saturated heterocycles. The number of piperazine rings is 1. The van der Waals surface area contributed by atoms with Crippen LogP contribution in [0.2, 0.25) is 0 Å². The molecule has 0 radical (unpaired) electrons. The van der Waals surface area contributed by atoms with Crippen LogP contribution in [0.1, 0.15) is 51.5 Å². The molecule has 27 heavy (non-hydrogen) atoms. The van der Waals surface area contributed by atoms with Gasteiger partial charge in [-0.05, 0) is 51.8 Å². The number of hydrogen-bond acceptors (Lipinski definition) is 4. The van der Waals surface area contributed by atoms with E-state index < -0.39 is 0 Å². The van der Waals surface area contributed by atoms with E-state index in [1.54, 1.807) is 6.92 Å². The highest BCUT2D eigenvalue weighted by atomic mass is 16.1. The van der Waals surface area contributed by atoms with Crippen molar-refractivity contribution >= 4 is 17.3 Å². The summed E-state index contributed by atoms with van der Waals surface area (Å²) in [4.78, 5) is 32.7. The molecular formula is C22H29N3O2. The van der Waals surface area contributed by atoms with Gasteiger partial charge in [0.25, 0.3) is 0 Å². The Morgan fingerprint density at radius 1 is 1.04 bits per heavy atom. The van der Waals surface area contributed by atoms with E-state index >= 15 is 0 Å². The monoisotopic (exact) mass is 367 g/mol. The molecule has 1 atom stereocenters. The number of aromatic nitrogens is 1. The first-order chi connectivity index (χ1) is 12.8. The van der Waals surface area contributed by atoms with E-state index in [1.165, 1.54) is 11.3 Å². The van der Waals surface area contributed by atoms with Gasteiger partial charge >= 0.3 is 0 Å². The molecule has 0 aliphatic carbocycles. The zero-order valence-corrected chi connectivity index (χ0v) is 16.9. The molecule has 1 aliphatic rings. The lowest BCUT2D eigenvalue weighted by Gasteiger charge is -2.39. The van der Waals surface area contributed by atoms with Gasteiger partial charge in [-0.2, -0.15) is 0 Å². The van der Waals surface area contributed by atoms with Crippen molar-refractivity contribution in [3.8, 4) is 0 Å². The van der Waals surface area contributed by atoms with E-state index in [-0.39, 0.29) is 17.6 Å². The fourth-order valence-electron chi connectivity index (χ4n) is 4.17. The lowest BCUT2D eigenvalue weighted by Crippen LogP contribution is -2.52. The van der Waals surface area contributed by atoms with E-state index in [0.717, 1.165) is 37.4 Å². The number of anilines is 1. The lowest BCUT2D eigenvalue weighted by molar-refractivity contribution is 0.0824. The predicted octanol–water partition coefficient (Wildman–Crippen LogP) is 3.54. The van der Waals surface area contributed by atoms with Crippen molar-refractivity contribution in [3.05, 3.63) is 52.3 Å². The zero-order valence-electron chi connectivity index (χ0n) is 16.9. The van der Waals surface area contributed by atoms with E-state index in [9.17, 15) is 9.59 Å². The summed E-state index contributed by atoms with van der Waals surface area (Å²) in [5, 5.41) is 0. The topological polar surface area (TPSA) is 56.4 Å². The molecule has 0 bridgehead atoms. The highest BCUT2D eigenvalue weighted by Crippen LogP contribution is 2.24. The van der Waals surface area contributed by atoms with Gasteiger partial charge in [-0.3, -0.25) is 14.5 Å². The summed E-state index contributed by atoms with van der Waals surface area (Å²) in [6, 6.07) is 8.22. The Balaban J connectivity index is 1.70. The molecule has 0 amide bonds. The van der Waals surface area contributed by atoms with E-state index in [4.69, 9.17) is 0 Å². The first kappa shape index (κ1) is 19.4. The number of nitrogens with one attached hydrogen (secondary N) is 1. The highest BCUT2D eigenvalue weighted by molar-refractivity contribution is 6.05. The van der Waals surface area contributed by atoms with E-state index in [0.29, 0.717) is 11.3 Å². The van der Waals surface area contributed by atoms with Gasteiger partial charge in [0.2, 0.25) is 0 Å². The molecule has 5 heteroatoms. The molecular weight excluding hydrogens is 338 g/mol. The first-order valence-corrected chi connectivity index (χ1v) is 9.60. The molecule has 1 aliphatic heterocycles. The molecule has 5 nitrogen and oxygen atoms in total. The van der Waals surface area contributed by atoms with E-state index in [1.807, 2.05) is 20.8 Å². The summed E-state index contributed by atoms with van der Waals surface area (Å²) >= 11 is 0. The van der Waals surface area contributed by atoms with Crippen molar-refractivity contribution < 1.29 is 9.59 Å². The second-order valence-electron chi connectivity index (χ2n) is 7.53. The molecule has 0 unspecified atom stereocenters. The van der Waals surface area contributed by atoms with Crippen LogP contribution in [-0.4, -0.2) is 53.7 Å². The SMILES string of the molecule is CC(=O)c1c(C)[nH]c(C(=O)[C@H](C)N2CCN(c3ccccc3C)CC2)c1C. The van der Waals surface area contributed by atoms with Gasteiger partial charge in [-0.25, -0.2) is 0 Å². The number of benzene rings is 1. The van der Waals surface area contributed by atoms with Crippen LogP contribution in [0.4, 0.5) is 5.69 Å². The van der Waals surface area contributed by atoms with Crippen molar-refractivity contribution in [1.82, 2.24) is 9.88 Å². The first-order valence-electron chi connectivity index (χ1n) is 9.60. The molecule has 1 fully saturated rings. The number of Topliss-reactive ketones (excluding diaryl/α,β-unsaturated/α-hetero) is 2. The second kappa shape index (κ2) is 7.69. The number of rotatable bonds is 5. The van der Waals surface area contributed by atoms with Gasteiger partial charge < -0.3 is 9.88 Å². The lowest BCUT2D eigenvalue weighted by atomic mass is 10.0. The number of para-hydroxylation sites is 1. The molecule has 2 aromatic rings. The third-order valence-electron chi connectivity index (χ3n) is 5.73. The maximum absolute atomic E-state index is 13.1. The van der Waals surface area contributed by atoms with Crippen LogP contribution in [-0.2, 0) is 0 Å². The number of aromatic amines is 1. The fraction of sp³-hybridized carbons (Fsp3) is 0.455. The minimum absolute atomic E-state index is 0.000187. The summed E-state index contributed by atoms with van der Waals surface area (Å²) in [5.41, 5.74) is 5.33. The summed E-state index contributed by atoms with van der Waals surface area (Å²) in [5.74, 6) is 0.0623. The Kier molecular flexibility index (Phi) is 5.51. The second-order valence-corrected chi connectivity index (χ2v) is 7.53. The molecule has 2 heterocycles. The Bertz CT molecular complexity index is 860. The molecule has 1 aromatic heterocycles. The third-order valence-corrected chi connectivity index (χ3v) is 5.73. The molecule has 1 aromatic carbocycles. The van der Waals surface area contributed by atoms with Gasteiger partial charge in [0.05, 0.1) is 11.7 Å². The van der Waals surface area contributed by atoms with Crippen molar-refractivity contribution in [2.45, 2.75) is 40.7 Å². The smallest absolute Gasteiger partial charge is 0.196 e. The maximum atomic E-state index is 13.1. The maximum Gasteiger partial charge on any atom is 0.196 e. The van der Waals surface area contributed by atoms with Gasteiger partial charge in [0, 0.05) is 43.1 Å². The molecule has 144 valence electrons. The number of ketones is 2. The Labute approximate surface area is 161 Å². The van der Waals surface area contributed by atoms with Crippen LogP contribution in [0.3, 0.4) is 0 Å². The molecule has 3 rings (SSSR count). The van der Waals surface area contributed by atoms with Crippen molar-refractivity contribution in [3.63, 3.8) is 0 Å². The van der Waals surface area contributed by atoms with Crippen molar-refractivity contribution in [2.24, 2.45) is 0 Å². The Hall–Kier alpha value is -2.40. The number of carbonyl (C=O) groups excluding carboxylic acids is 2. The van der Waals surface area contributed by atoms with Gasteiger partial charge in [-0.1, -0.05) is 18.2 Å². The molecule has 0 spiro atoms. The highest BCUT2D eigenvalue weighted by Gasteiger charge is 2.29. The number of aryl methyl sites for hydroxylation is 2. The van der Waals surface area contributed by atoms with Crippen molar-refractivity contribution in [2.75, 3.05) is 31.1 Å². The average molecular weight is 367 g/mol. The van der Waals surface area contributed by atoms with Crippen LogP contribution in [0, 0.1) is 20.8 Å². The number of H-pyrrole nitrogens is 1. The van der Waals surface area contributed by atoms with Gasteiger partial charge in [0.1, 0.15) is 0 Å². The molecule has 1 N–H and O–H groups in total. The average Bonchev–Trinajstić information content (AvgIpc) is 2.95. The molecule has 0 saturated carbocycles.